The Morgan fingerprint density at radius 1 is 1.40 bits per heavy atom. The van der Waals surface area contributed by atoms with Gasteiger partial charge in [0.25, 0.3) is 0 Å². The van der Waals surface area contributed by atoms with Gasteiger partial charge in [-0.25, -0.2) is 13.4 Å². The molecular formula is C13H18N2O3S2. The van der Waals surface area contributed by atoms with Gasteiger partial charge in [0, 0.05) is 18.5 Å². The molecule has 2 fully saturated rings. The van der Waals surface area contributed by atoms with Crippen LogP contribution >= 0.6 is 11.3 Å². The van der Waals surface area contributed by atoms with Gasteiger partial charge in [-0.3, -0.25) is 4.79 Å². The van der Waals surface area contributed by atoms with Crippen LogP contribution < -0.4 is 0 Å². The number of thiazole rings is 1. The molecule has 5 nitrogen and oxygen atoms in total. The molecule has 20 heavy (non-hydrogen) atoms. The van der Waals surface area contributed by atoms with Crippen LogP contribution in [0.3, 0.4) is 0 Å². The Morgan fingerprint density at radius 2 is 2.05 bits per heavy atom. The van der Waals surface area contributed by atoms with Crippen molar-refractivity contribution in [2.24, 2.45) is 11.8 Å². The topological polar surface area (TPSA) is 67.3 Å². The number of aryl methyl sites for hydroxylation is 1. The first-order valence-electron chi connectivity index (χ1n) is 6.88. The van der Waals surface area contributed by atoms with Crippen LogP contribution in [0.25, 0.3) is 0 Å². The minimum atomic E-state index is -2.86. The lowest BCUT2D eigenvalue weighted by molar-refractivity contribution is -0.129. The predicted octanol–water partition coefficient (Wildman–Crippen LogP) is 0.751. The average molecular weight is 314 g/mol. The summed E-state index contributed by atoms with van der Waals surface area (Å²) in [5, 5.41) is 2.85. The normalized spacial score (nSPS) is 27.8. The van der Waals surface area contributed by atoms with Crippen molar-refractivity contribution in [1.82, 2.24) is 9.88 Å². The predicted molar refractivity (Wildman–Crippen MR) is 77.4 cm³/mol. The molecule has 3 rings (SSSR count). The fourth-order valence-corrected chi connectivity index (χ4v) is 6.14. The number of hydrogen-bond donors (Lipinski definition) is 0. The number of likely N-dealkylation sites (tertiary alicyclic amines) is 1. The summed E-state index contributed by atoms with van der Waals surface area (Å²) in [6.45, 7) is 3.23. The van der Waals surface area contributed by atoms with Crippen LogP contribution in [0.2, 0.25) is 0 Å². The summed E-state index contributed by atoms with van der Waals surface area (Å²) in [5.74, 6) is 0.865. The molecular weight excluding hydrogens is 296 g/mol. The molecule has 2 atom stereocenters. The van der Waals surface area contributed by atoms with E-state index >= 15 is 0 Å². The third kappa shape index (κ3) is 2.74. The summed E-state index contributed by atoms with van der Waals surface area (Å²) in [7, 11) is -2.86. The molecule has 0 bridgehead atoms. The maximum atomic E-state index is 12.2. The number of sulfone groups is 1. The minimum absolute atomic E-state index is 0.0776. The van der Waals surface area contributed by atoms with Gasteiger partial charge < -0.3 is 4.90 Å². The number of amides is 1. The zero-order valence-corrected chi connectivity index (χ0v) is 13.0. The van der Waals surface area contributed by atoms with Crippen molar-refractivity contribution in [2.75, 3.05) is 24.6 Å². The molecule has 7 heteroatoms. The molecule has 0 aliphatic carbocycles. The molecule has 1 aromatic rings. The Kier molecular flexibility index (Phi) is 3.58. The van der Waals surface area contributed by atoms with E-state index in [1.165, 1.54) is 11.3 Å². The Morgan fingerprint density at radius 3 is 2.60 bits per heavy atom. The van der Waals surface area contributed by atoms with Crippen molar-refractivity contribution < 1.29 is 13.2 Å². The van der Waals surface area contributed by atoms with Crippen molar-refractivity contribution in [3.8, 4) is 0 Å². The molecule has 110 valence electrons. The van der Waals surface area contributed by atoms with Crippen LogP contribution in [0.15, 0.2) is 5.38 Å². The summed E-state index contributed by atoms with van der Waals surface area (Å²) in [5.41, 5.74) is 1.03. The second-order valence-corrected chi connectivity index (χ2v) is 8.76. The van der Waals surface area contributed by atoms with E-state index in [1.807, 2.05) is 17.2 Å². The highest BCUT2D eigenvalue weighted by Crippen LogP contribution is 2.32. The average Bonchev–Trinajstić information content (AvgIpc) is 3.01. The van der Waals surface area contributed by atoms with Gasteiger partial charge in [0.2, 0.25) is 5.91 Å². The zero-order chi connectivity index (χ0) is 14.3. The number of fused-ring (bicyclic) bond motifs is 1. The molecule has 0 spiro atoms. The number of carbonyl (C=O) groups excluding carboxylic acids is 1. The number of nitrogens with zero attached hydrogens (tertiary/aromatic N) is 2. The first kappa shape index (κ1) is 14.0. The van der Waals surface area contributed by atoms with Crippen molar-refractivity contribution >= 4 is 27.1 Å². The molecule has 2 saturated heterocycles. The molecule has 3 heterocycles. The lowest BCUT2D eigenvalue weighted by Crippen LogP contribution is -2.32. The zero-order valence-electron chi connectivity index (χ0n) is 11.4. The first-order chi connectivity index (χ1) is 9.47. The van der Waals surface area contributed by atoms with Gasteiger partial charge >= 0.3 is 0 Å². The lowest BCUT2D eigenvalue weighted by atomic mass is 10.0. The van der Waals surface area contributed by atoms with Gasteiger partial charge in [0.15, 0.2) is 9.84 Å². The standard InChI is InChI=1S/C13H18N2O3S2/c1-2-11-6-19-12(14-11)3-13(16)15-4-9-7-20(17,18)8-10(9)5-15/h6,9-10H,2-5,7-8H2,1H3/t9-,10+. The van der Waals surface area contributed by atoms with Gasteiger partial charge in [0.05, 0.1) is 23.6 Å². The third-order valence-corrected chi connectivity index (χ3v) is 6.90. The summed E-state index contributed by atoms with van der Waals surface area (Å²) in [6.07, 6.45) is 1.23. The van der Waals surface area contributed by atoms with E-state index in [1.54, 1.807) is 0 Å². The van der Waals surface area contributed by atoms with E-state index in [4.69, 9.17) is 0 Å². The van der Waals surface area contributed by atoms with Crippen LogP contribution in [0.4, 0.5) is 0 Å². The maximum Gasteiger partial charge on any atom is 0.229 e. The Hall–Kier alpha value is -0.950. The molecule has 2 aliphatic heterocycles. The highest BCUT2D eigenvalue weighted by molar-refractivity contribution is 7.91. The van der Waals surface area contributed by atoms with Gasteiger partial charge in [0.1, 0.15) is 5.01 Å². The van der Waals surface area contributed by atoms with Crippen LogP contribution in [-0.2, 0) is 27.5 Å². The summed E-state index contributed by atoms with van der Waals surface area (Å²) >= 11 is 1.53. The Bertz CT molecular complexity index is 603. The smallest absolute Gasteiger partial charge is 0.229 e. The van der Waals surface area contributed by atoms with Crippen LogP contribution in [0.5, 0.6) is 0 Å². The molecule has 0 unspecified atom stereocenters. The van der Waals surface area contributed by atoms with Crippen molar-refractivity contribution in [1.29, 1.82) is 0 Å². The van der Waals surface area contributed by atoms with Crippen LogP contribution in [0.1, 0.15) is 17.6 Å². The highest BCUT2D eigenvalue weighted by Gasteiger charge is 2.44. The van der Waals surface area contributed by atoms with Gasteiger partial charge in [-0.1, -0.05) is 6.92 Å². The number of hydrogen-bond acceptors (Lipinski definition) is 5. The van der Waals surface area contributed by atoms with Gasteiger partial charge in [-0.2, -0.15) is 0 Å². The van der Waals surface area contributed by atoms with E-state index in [0.717, 1.165) is 17.1 Å². The summed E-state index contributed by atoms with van der Waals surface area (Å²) in [6, 6.07) is 0. The van der Waals surface area contributed by atoms with Gasteiger partial charge in [-0.15, -0.1) is 11.3 Å². The molecule has 0 radical (unpaired) electrons. The molecule has 0 saturated carbocycles. The lowest BCUT2D eigenvalue weighted by Gasteiger charge is -2.16. The maximum absolute atomic E-state index is 12.2. The van der Waals surface area contributed by atoms with Crippen LogP contribution in [-0.4, -0.2) is 48.8 Å². The fraction of sp³-hybridized carbons (Fsp3) is 0.692. The van der Waals surface area contributed by atoms with Gasteiger partial charge in [-0.05, 0) is 18.3 Å². The molecule has 1 amide bonds. The highest BCUT2D eigenvalue weighted by atomic mass is 32.2. The van der Waals surface area contributed by atoms with E-state index in [2.05, 4.69) is 4.98 Å². The number of rotatable bonds is 3. The van der Waals surface area contributed by atoms with Crippen LogP contribution in [0, 0.1) is 11.8 Å². The molecule has 0 N–H and O–H groups in total. The monoisotopic (exact) mass is 314 g/mol. The Balaban J connectivity index is 1.60. The van der Waals surface area contributed by atoms with E-state index in [9.17, 15) is 13.2 Å². The SMILES string of the molecule is CCc1csc(CC(=O)N2C[C@@H]3CS(=O)(=O)C[C@@H]3C2)n1. The quantitative estimate of drug-likeness (QED) is 0.826. The second-order valence-electron chi connectivity index (χ2n) is 5.66. The molecule has 2 aliphatic rings. The molecule has 0 aromatic carbocycles. The first-order valence-corrected chi connectivity index (χ1v) is 9.58. The Labute approximate surface area is 122 Å². The van der Waals surface area contributed by atoms with Crippen molar-refractivity contribution in [3.05, 3.63) is 16.1 Å². The summed E-state index contributed by atoms with van der Waals surface area (Å²) < 4.78 is 23.1. The van der Waals surface area contributed by atoms with E-state index in [0.29, 0.717) is 19.5 Å². The third-order valence-electron chi connectivity index (χ3n) is 4.13. The van der Waals surface area contributed by atoms with E-state index < -0.39 is 9.84 Å². The number of carbonyl (C=O) groups is 1. The summed E-state index contributed by atoms with van der Waals surface area (Å²) in [4.78, 5) is 18.5. The second kappa shape index (κ2) is 5.11. The van der Waals surface area contributed by atoms with Crippen molar-refractivity contribution in [2.45, 2.75) is 19.8 Å². The largest absolute Gasteiger partial charge is 0.342 e. The van der Waals surface area contributed by atoms with E-state index in [-0.39, 0.29) is 29.2 Å². The fourth-order valence-electron chi connectivity index (χ4n) is 3.07. The van der Waals surface area contributed by atoms with Crippen molar-refractivity contribution in [3.63, 3.8) is 0 Å². The number of aromatic nitrogens is 1. The molecule has 1 aromatic heterocycles. The minimum Gasteiger partial charge on any atom is -0.342 e.